The second-order valence-electron chi connectivity index (χ2n) is 5.38. The molecule has 2 aliphatic rings. The van der Waals surface area contributed by atoms with E-state index in [0.717, 1.165) is 12.8 Å². The molecule has 0 aromatic heterocycles. The Bertz CT molecular complexity index is 515. The SMILES string of the molecule is C=C(C)C(=O)OCCNC(=O)OC1C2CCC(S2)C1NS(=O)[O-]. The van der Waals surface area contributed by atoms with Crippen LogP contribution in [0.25, 0.3) is 0 Å². The zero-order chi connectivity index (χ0) is 17.0. The van der Waals surface area contributed by atoms with Crippen LogP contribution in [0.3, 0.4) is 0 Å². The molecule has 0 spiro atoms. The first-order valence-corrected chi connectivity index (χ1v) is 9.18. The highest BCUT2D eigenvalue weighted by molar-refractivity contribution is 8.01. The summed E-state index contributed by atoms with van der Waals surface area (Å²) in [5, 5.41) is 2.71. The number of ether oxygens (including phenoxy) is 2. The average Bonchev–Trinajstić information content (AvgIpc) is 3.06. The molecule has 2 saturated heterocycles. The molecule has 8 nitrogen and oxygen atoms in total. The molecule has 0 saturated carbocycles. The van der Waals surface area contributed by atoms with E-state index in [9.17, 15) is 18.4 Å². The number of thioether (sulfide) groups is 1. The van der Waals surface area contributed by atoms with E-state index in [1.165, 1.54) is 6.92 Å². The van der Waals surface area contributed by atoms with Crippen LogP contribution in [0.15, 0.2) is 12.2 Å². The van der Waals surface area contributed by atoms with Gasteiger partial charge < -0.3 is 19.3 Å². The molecule has 5 atom stereocenters. The number of amides is 1. The first kappa shape index (κ1) is 18.2. The standard InChI is InChI=1S/C13H20N2O6S2/c1-7(2)12(16)20-6-5-14-13(17)21-11-9-4-3-8(22-9)10(11)15-23(18)19/h8-11,15H,1,3-6H2,2H3,(H,14,17)(H,18,19)/p-1. The van der Waals surface area contributed by atoms with Gasteiger partial charge in [-0.05, 0) is 19.8 Å². The molecule has 2 heterocycles. The Balaban J connectivity index is 1.74. The number of rotatable bonds is 7. The second kappa shape index (κ2) is 8.13. The fourth-order valence-corrected chi connectivity index (χ4v) is 5.00. The van der Waals surface area contributed by atoms with Crippen LogP contribution in [0.1, 0.15) is 19.8 Å². The number of nitrogens with one attached hydrogen (secondary N) is 2. The van der Waals surface area contributed by atoms with Crippen molar-refractivity contribution in [1.29, 1.82) is 0 Å². The zero-order valence-electron chi connectivity index (χ0n) is 12.6. The summed E-state index contributed by atoms with van der Waals surface area (Å²) >= 11 is -0.753. The predicted molar refractivity (Wildman–Crippen MR) is 84.3 cm³/mol. The van der Waals surface area contributed by atoms with Crippen molar-refractivity contribution in [2.75, 3.05) is 13.2 Å². The molecule has 2 N–H and O–H groups in total. The second-order valence-corrected chi connectivity index (χ2v) is 7.57. The number of hydrogen-bond acceptors (Lipinski definition) is 7. The van der Waals surface area contributed by atoms with Crippen LogP contribution in [0, 0.1) is 0 Å². The molecule has 5 unspecified atom stereocenters. The van der Waals surface area contributed by atoms with Crippen LogP contribution < -0.4 is 10.0 Å². The lowest BCUT2D eigenvalue weighted by Crippen LogP contribution is -2.51. The van der Waals surface area contributed by atoms with E-state index in [2.05, 4.69) is 16.6 Å². The Morgan fingerprint density at radius 1 is 1.39 bits per heavy atom. The summed E-state index contributed by atoms with van der Waals surface area (Å²) in [6.07, 6.45) is 0.656. The van der Waals surface area contributed by atoms with Gasteiger partial charge in [-0.25, -0.2) is 14.3 Å². The normalized spacial score (nSPS) is 29.8. The Hall–Kier alpha value is -1.10. The van der Waals surface area contributed by atoms with Gasteiger partial charge in [0, 0.05) is 27.3 Å². The summed E-state index contributed by atoms with van der Waals surface area (Å²) in [7, 11) is 0. The summed E-state index contributed by atoms with van der Waals surface area (Å²) in [5.74, 6) is -0.521. The van der Waals surface area contributed by atoms with Crippen LogP contribution in [-0.2, 0) is 25.5 Å². The maximum atomic E-state index is 11.8. The van der Waals surface area contributed by atoms with Gasteiger partial charge in [0.25, 0.3) is 0 Å². The van der Waals surface area contributed by atoms with Crippen LogP contribution in [0.5, 0.6) is 0 Å². The number of carbonyl (C=O) groups excluding carboxylic acids is 2. The molecule has 2 bridgehead atoms. The zero-order valence-corrected chi connectivity index (χ0v) is 14.2. The minimum Gasteiger partial charge on any atom is -0.760 e. The van der Waals surface area contributed by atoms with Gasteiger partial charge in [0.05, 0.1) is 12.6 Å². The minimum atomic E-state index is -2.40. The van der Waals surface area contributed by atoms with Gasteiger partial charge in [-0.3, -0.25) is 4.21 Å². The Morgan fingerprint density at radius 2 is 2.09 bits per heavy atom. The van der Waals surface area contributed by atoms with E-state index >= 15 is 0 Å². The van der Waals surface area contributed by atoms with Gasteiger partial charge >= 0.3 is 12.1 Å². The summed E-state index contributed by atoms with van der Waals surface area (Å²) in [4.78, 5) is 23.0. The lowest BCUT2D eigenvalue weighted by molar-refractivity contribution is -0.138. The lowest BCUT2D eigenvalue weighted by Gasteiger charge is -2.30. The van der Waals surface area contributed by atoms with Crippen molar-refractivity contribution >= 4 is 35.1 Å². The van der Waals surface area contributed by atoms with Gasteiger partial charge in [-0.2, -0.15) is 0 Å². The molecule has 1 amide bonds. The van der Waals surface area contributed by atoms with E-state index < -0.39 is 35.5 Å². The Morgan fingerprint density at radius 3 is 2.74 bits per heavy atom. The average molecular weight is 363 g/mol. The maximum Gasteiger partial charge on any atom is 0.407 e. The molecule has 2 fully saturated rings. The van der Waals surface area contributed by atoms with E-state index in [1.54, 1.807) is 11.8 Å². The molecular weight excluding hydrogens is 344 g/mol. The molecule has 130 valence electrons. The van der Waals surface area contributed by atoms with Crippen molar-refractivity contribution in [3.05, 3.63) is 12.2 Å². The molecule has 23 heavy (non-hydrogen) atoms. The Kier molecular flexibility index (Phi) is 6.45. The maximum absolute atomic E-state index is 11.8. The molecule has 2 aliphatic heterocycles. The highest BCUT2D eigenvalue weighted by Gasteiger charge is 2.50. The van der Waals surface area contributed by atoms with Gasteiger partial charge in [0.2, 0.25) is 0 Å². The first-order chi connectivity index (χ1) is 10.9. The van der Waals surface area contributed by atoms with Crippen molar-refractivity contribution in [3.63, 3.8) is 0 Å². The summed E-state index contributed by atoms with van der Waals surface area (Å²) in [6, 6.07) is -0.399. The molecule has 0 aliphatic carbocycles. The number of esters is 1. The fraction of sp³-hybridized carbons (Fsp3) is 0.692. The highest BCUT2D eigenvalue weighted by Crippen LogP contribution is 2.47. The topological polar surface area (TPSA) is 117 Å². The third-order valence-electron chi connectivity index (χ3n) is 3.63. The van der Waals surface area contributed by atoms with Crippen molar-refractivity contribution in [2.45, 2.75) is 42.4 Å². The monoisotopic (exact) mass is 363 g/mol. The summed E-state index contributed by atoms with van der Waals surface area (Å²) in [5.41, 5.74) is 0.283. The van der Waals surface area contributed by atoms with Crippen LogP contribution in [0.4, 0.5) is 4.79 Å². The van der Waals surface area contributed by atoms with Crippen LogP contribution in [0.2, 0.25) is 0 Å². The van der Waals surface area contributed by atoms with Gasteiger partial charge in [-0.1, -0.05) is 6.58 Å². The molecule has 2 rings (SSSR count). The van der Waals surface area contributed by atoms with Gasteiger partial charge in [0.1, 0.15) is 12.7 Å². The minimum absolute atomic E-state index is 0.0124. The van der Waals surface area contributed by atoms with Crippen molar-refractivity contribution in [1.82, 2.24) is 10.0 Å². The van der Waals surface area contributed by atoms with E-state index in [-0.39, 0.29) is 29.2 Å². The van der Waals surface area contributed by atoms with Crippen molar-refractivity contribution in [3.8, 4) is 0 Å². The van der Waals surface area contributed by atoms with Crippen molar-refractivity contribution in [2.24, 2.45) is 0 Å². The first-order valence-electron chi connectivity index (χ1n) is 7.16. The molecule has 0 aromatic rings. The Labute approximate surface area is 141 Å². The van der Waals surface area contributed by atoms with Crippen LogP contribution >= 0.6 is 11.8 Å². The van der Waals surface area contributed by atoms with E-state index in [0.29, 0.717) is 0 Å². The quantitative estimate of drug-likeness (QED) is 0.288. The molecule has 10 heteroatoms. The van der Waals surface area contributed by atoms with Gasteiger partial charge in [0.15, 0.2) is 0 Å². The molecular formula is C13H19N2O6S2-. The van der Waals surface area contributed by atoms with Gasteiger partial charge in [-0.15, -0.1) is 11.8 Å². The molecule has 0 radical (unpaired) electrons. The lowest BCUT2D eigenvalue weighted by atomic mass is 9.93. The number of hydrogen-bond donors (Lipinski definition) is 2. The fourth-order valence-electron chi connectivity index (χ4n) is 2.63. The van der Waals surface area contributed by atoms with E-state index in [4.69, 9.17) is 9.47 Å². The summed E-state index contributed by atoms with van der Waals surface area (Å²) < 4.78 is 34.3. The smallest absolute Gasteiger partial charge is 0.407 e. The number of fused-ring (bicyclic) bond motifs is 2. The van der Waals surface area contributed by atoms with E-state index in [1.807, 2.05) is 0 Å². The molecule has 0 aromatic carbocycles. The number of carbonyl (C=O) groups is 2. The van der Waals surface area contributed by atoms with Crippen molar-refractivity contribution < 1.29 is 27.8 Å². The van der Waals surface area contributed by atoms with Crippen LogP contribution in [-0.4, -0.2) is 56.6 Å². The predicted octanol–water partition coefficient (Wildman–Crippen LogP) is 0.231. The number of alkyl carbamates (subject to hydrolysis) is 1. The third-order valence-corrected chi connectivity index (χ3v) is 5.83. The largest absolute Gasteiger partial charge is 0.760 e. The summed E-state index contributed by atoms with van der Waals surface area (Å²) in [6.45, 7) is 5.10. The highest BCUT2D eigenvalue weighted by atomic mass is 32.2. The third kappa shape index (κ3) is 4.93.